The Morgan fingerprint density at radius 2 is 2.28 bits per heavy atom. The third kappa shape index (κ3) is 3.32. The summed E-state index contributed by atoms with van der Waals surface area (Å²) in [6, 6.07) is 4.38. The third-order valence-corrected chi connectivity index (χ3v) is 5.99. The molecule has 2 aromatic heterocycles. The molecule has 2 rings (SSSR count). The largest absolute Gasteiger partial charge is 0.326 e. The van der Waals surface area contributed by atoms with Crippen LogP contribution in [0.2, 0.25) is 0 Å². The molecule has 0 aromatic carbocycles. The molecule has 0 aliphatic rings. The number of hydrogen-bond acceptors (Lipinski definition) is 6. The van der Waals surface area contributed by atoms with Crippen LogP contribution in [0.3, 0.4) is 0 Å². The van der Waals surface area contributed by atoms with Gasteiger partial charge in [-0.2, -0.15) is 4.37 Å². The summed E-state index contributed by atoms with van der Waals surface area (Å²) in [6.45, 7) is 4.20. The fraction of sp³-hybridized carbons (Fsp3) is 0.500. The number of hydrogen-bond donors (Lipinski definition) is 1. The average molecular weight is 299 g/mol. The van der Waals surface area contributed by atoms with Gasteiger partial charge in [0.2, 0.25) is 0 Å². The van der Waals surface area contributed by atoms with Crippen molar-refractivity contribution in [3.63, 3.8) is 0 Å². The number of nitrogens with two attached hydrogens (primary N) is 1. The Labute approximate surface area is 120 Å². The lowest BCUT2D eigenvalue weighted by atomic mass is 10.1. The summed E-state index contributed by atoms with van der Waals surface area (Å²) in [5, 5.41) is 2.38. The number of thiophene rings is 1. The molecule has 2 unspecified atom stereocenters. The lowest BCUT2D eigenvalue weighted by Gasteiger charge is -2.19. The smallest absolute Gasteiger partial charge is 0.170 e. The summed E-state index contributed by atoms with van der Waals surface area (Å²) in [6.07, 6.45) is 1.86. The van der Waals surface area contributed by atoms with Crippen molar-refractivity contribution >= 4 is 34.6 Å². The highest BCUT2D eigenvalue weighted by Gasteiger charge is 2.22. The van der Waals surface area contributed by atoms with Gasteiger partial charge in [-0.1, -0.05) is 31.7 Å². The molecule has 2 aromatic rings. The molecule has 0 bridgehead atoms. The third-order valence-electron chi connectivity index (χ3n) is 2.68. The first kappa shape index (κ1) is 14.0. The van der Waals surface area contributed by atoms with Crippen molar-refractivity contribution in [2.24, 2.45) is 5.73 Å². The van der Waals surface area contributed by atoms with Crippen LogP contribution in [-0.4, -0.2) is 15.4 Å². The highest BCUT2D eigenvalue weighted by atomic mass is 32.2. The van der Waals surface area contributed by atoms with Crippen LogP contribution in [0.25, 0.3) is 0 Å². The molecule has 98 valence electrons. The summed E-state index contributed by atoms with van der Waals surface area (Å²) >= 11 is 4.99. The van der Waals surface area contributed by atoms with E-state index in [4.69, 9.17) is 5.73 Å². The zero-order chi connectivity index (χ0) is 13.0. The van der Waals surface area contributed by atoms with Gasteiger partial charge in [0.25, 0.3) is 0 Å². The number of rotatable bonds is 6. The minimum Gasteiger partial charge on any atom is -0.326 e. The summed E-state index contributed by atoms with van der Waals surface area (Å²) in [4.78, 5) is 5.84. The van der Waals surface area contributed by atoms with E-state index in [-0.39, 0.29) is 11.3 Å². The molecule has 3 nitrogen and oxygen atoms in total. The molecule has 0 aliphatic heterocycles. The van der Waals surface area contributed by atoms with Gasteiger partial charge in [-0.05, 0) is 29.4 Å². The molecule has 0 saturated carbocycles. The Hall–Kier alpha value is -0.430. The lowest BCUT2D eigenvalue weighted by Crippen LogP contribution is -2.25. The zero-order valence-corrected chi connectivity index (χ0v) is 12.9. The van der Waals surface area contributed by atoms with Crippen LogP contribution < -0.4 is 5.73 Å². The van der Waals surface area contributed by atoms with E-state index in [1.807, 2.05) is 0 Å². The van der Waals surface area contributed by atoms with Crippen LogP contribution >= 0.6 is 34.6 Å². The molecule has 0 spiro atoms. The monoisotopic (exact) mass is 299 g/mol. The molecule has 0 saturated heterocycles. The number of nitrogens with zero attached hydrogens (tertiary/aromatic N) is 2. The molecular weight excluding hydrogens is 282 g/mol. The van der Waals surface area contributed by atoms with E-state index in [1.54, 1.807) is 23.1 Å². The zero-order valence-electron chi connectivity index (χ0n) is 10.5. The predicted molar refractivity (Wildman–Crippen MR) is 80.5 cm³/mol. The van der Waals surface area contributed by atoms with Gasteiger partial charge in [0, 0.05) is 17.3 Å². The second kappa shape index (κ2) is 6.65. The van der Waals surface area contributed by atoms with Gasteiger partial charge in [-0.15, -0.1) is 11.3 Å². The van der Waals surface area contributed by atoms with Gasteiger partial charge < -0.3 is 5.73 Å². The van der Waals surface area contributed by atoms with Gasteiger partial charge in [0.1, 0.15) is 5.82 Å². The van der Waals surface area contributed by atoms with Crippen LogP contribution in [-0.2, 0) is 6.42 Å². The molecule has 6 heteroatoms. The van der Waals surface area contributed by atoms with Crippen molar-refractivity contribution in [3.05, 3.63) is 28.2 Å². The van der Waals surface area contributed by atoms with Gasteiger partial charge in [-0.3, -0.25) is 0 Å². The average Bonchev–Trinajstić information content (AvgIpc) is 3.05. The first-order valence-electron chi connectivity index (χ1n) is 6.02. The Balaban J connectivity index is 2.15. The number of aryl methyl sites for hydroxylation is 1. The lowest BCUT2D eigenvalue weighted by molar-refractivity contribution is 0.639. The van der Waals surface area contributed by atoms with E-state index < -0.39 is 0 Å². The van der Waals surface area contributed by atoms with E-state index >= 15 is 0 Å². The Morgan fingerprint density at radius 3 is 2.83 bits per heavy atom. The van der Waals surface area contributed by atoms with Crippen molar-refractivity contribution < 1.29 is 0 Å². The molecule has 0 fully saturated rings. The highest BCUT2D eigenvalue weighted by molar-refractivity contribution is 8.01. The Kier molecular flexibility index (Phi) is 5.17. The van der Waals surface area contributed by atoms with Gasteiger partial charge >= 0.3 is 0 Å². The van der Waals surface area contributed by atoms with E-state index in [9.17, 15) is 0 Å². The van der Waals surface area contributed by atoms with Crippen molar-refractivity contribution in [3.8, 4) is 0 Å². The van der Waals surface area contributed by atoms with E-state index in [2.05, 4.69) is 40.7 Å². The SMILES string of the molecule is CCc1nsc(SC(c2cccs2)C(N)CC)n1. The summed E-state index contributed by atoms with van der Waals surface area (Å²) in [7, 11) is 0. The minimum atomic E-state index is 0.155. The Morgan fingerprint density at radius 1 is 1.44 bits per heavy atom. The fourth-order valence-corrected chi connectivity index (χ4v) is 4.68. The molecule has 0 amide bonds. The molecular formula is C12H17N3S3. The van der Waals surface area contributed by atoms with E-state index in [0.717, 1.165) is 23.0 Å². The molecule has 2 heterocycles. The maximum Gasteiger partial charge on any atom is 0.170 e. The van der Waals surface area contributed by atoms with Crippen LogP contribution in [0.1, 0.15) is 36.2 Å². The molecule has 2 N–H and O–H groups in total. The van der Waals surface area contributed by atoms with E-state index in [0.29, 0.717) is 0 Å². The maximum absolute atomic E-state index is 6.24. The molecule has 0 aliphatic carbocycles. The topological polar surface area (TPSA) is 51.8 Å². The van der Waals surface area contributed by atoms with Crippen molar-refractivity contribution in [2.45, 2.75) is 42.3 Å². The molecule has 0 radical (unpaired) electrons. The van der Waals surface area contributed by atoms with Crippen molar-refractivity contribution in [2.75, 3.05) is 0 Å². The quantitative estimate of drug-likeness (QED) is 0.826. The van der Waals surface area contributed by atoms with Gasteiger partial charge in [-0.25, -0.2) is 4.98 Å². The first-order valence-corrected chi connectivity index (χ1v) is 8.56. The molecule has 2 atom stereocenters. The predicted octanol–water partition coefficient (Wildman–Crippen LogP) is 3.73. The normalized spacial score (nSPS) is 14.6. The fourth-order valence-electron chi connectivity index (χ4n) is 1.56. The van der Waals surface area contributed by atoms with Crippen LogP contribution in [0.4, 0.5) is 0 Å². The minimum absolute atomic E-state index is 0.155. The summed E-state index contributed by atoms with van der Waals surface area (Å²) < 4.78 is 5.35. The van der Waals surface area contributed by atoms with Crippen molar-refractivity contribution in [1.29, 1.82) is 0 Å². The van der Waals surface area contributed by atoms with Gasteiger partial charge in [0.05, 0.1) is 5.25 Å². The van der Waals surface area contributed by atoms with Crippen molar-refractivity contribution in [1.82, 2.24) is 9.36 Å². The number of aromatic nitrogens is 2. The second-order valence-electron chi connectivity index (χ2n) is 3.96. The highest BCUT2D eigenvalue weighted by Crippen LogP contribution is 2.40. The molecule has 18 heavy (non-hydrogen) atoms. The van der Waals surface area contributed by atoms with Crippen LogP contribution in [0.5, 0.6) is 0 Å². The second-order valence-corrected chi connectivity index (χ2v) is 7.08. The van der Waals surface area contributed by atoms with Gasteiger partial charge in [0.15, 0.2) is 4.34 Å². The first-order chi connectivity index (χ1) is 8.74. The van der Waals surface area contributed by atoms with E-state index in [1.165, 1.54) is 16.4 Å². The number of thioether (sulfide) groups is 1. The van der Waals surface area contributed by atoms with Crippen LogP contribution in [0.15, 0.2) is 21.9 Å². The summed E-state index contributed by atoms with van der Waals surface area (Å²) in [5.74, 6) is 0.928. The maximum atomic E-state index is 6.24. The Bertz CT molecular complexity index is 467. The standard InChI is InChI=1S/C12H17N3S3/c1-3-8(13)11(9-6-5-7-16-9)17-12-14-10(4-2)15-18-12/h5-8,11H,3-4,13H2,1-2H3. The van der Waals surface area contributed by atoms with Crippen LogP contribution in [0, 0.1) is 0 Å². The summed E-state index contributed by atoms with van der Waals surface area (Å²) in [5.41, 5.74) is 6.24.